The first-order chi connectivity index (χ1) is 12.6. The van der Waals surface area contributed by atoms with Gasteiger partial charge in [0.1, 0.15) is 11.8 Å². The van der Waals surface area contributed by atoms with E-state index in [9.17, 15) is 9.59 Å². The zero-order valence-corrected chi connectivity index (χ0v) is 14.9. The third-order valence-electron chi connectivity index (χ3n) is 5.58. The number of benzene rings is 1. The number of rotatable bonds is 4. The first-order valence-electron chi connectivity index (χ1n) is 9.38. The number of carbonyl (C=O) groups excluding carboxylic acids is 2. The van der Waals surface area contributed by atoms with Crippen LogP contribution >= 0.6 is 0 Å². The lowest BCUT2D eigenvalue weighted by molar-refractivity contribution is -0.126. The summed E-state index contributed by atoms with van der Waals surface area (Å²) in [5.74, 6) is 1.10. The number of fused-ring (bicyclic) bond motifs is 1. The van der Waals surface area contributed by atoms with E-state index in [1.807, 2.05) is 18.2 Å². The van der Waals surface area contributed by atoms with E-state index in [2.05, 4.69) is 17.2 Å². The summed E-state index contributed by atoms with van der Waals surface area (Å²) in [5, 5.41) is 6.13. The molecule has 0 aromatic heterocycles. The molecule has 2 N–H and O–H groups in total. The molecule has 0 aliphatic carbocycles. The van der Waals surface area contributed by atoms with Crippen LogP contribution in [0.15, 0.2) is 30.5 Å². The summed E-state index contributed by atoms with van der Waals surface area (Å²) in [4.78, 5) is 26.8. The monoisotopic (exact) mass is 355 g/mol. The van der Waals surface area contributed by atoms with Crippen molar-refractivity contribution in [2.45, 2.75) is 38.3 Å². The lowest BCUT2D eigenvalue weighted by atomic mass is 9.99. The van der Waals surface area contributed by atoms with Crippen LogP contribution < -0.4 is 15.4 Å². The van der Waals surface area contributed by atoms with Crippen LogP contribution in [0.1, 0.15) is 41.6 Å². The van der Waals surface area contributed by atoms with E-state index >= 15 is 0 Å². The Morgan fingerprint density at radius 2 is 2.00 bits per heavy atom. The van der Waals surface area contributed by atoms with E-state index in [0.29, 0.717) is 37.5 Å². The average Bonchev–Trinajstić information content (AvgIpc) is 2.98. The maximum Gasteiger partial charge on any atom is 0.255 e. The zero-order valence-electron chi connectivity index (χ0n) is 14.9. The van der Waals surface area contributed by atoms with Crippen molar-refractivity contribution in [3.05, 3.63) is 41.6 Å². The number of carbonyl (C=O) groups is 2. The molecule has 2 fully saturated rings. The minimum Gasteiger partial charge on any atom is -0.493 e. The fraction of sp³-hybridized carbons (Fsp3) is 0.500. The highest BCUT2D eigenvalue weighted by Crippen LogP contribution is 2.34. The van der Waals surface area contributed by atoms with E-state index in [4.69, 9.17) is 4.74 Å². The number of ether oxygens (including phenoxy) is 1. The molecular weight excluding hydrogens is 330 g/mol. The summed E-state index contributed by atoms with van der Waals surface area (Å²) in [5.41, 5.74) is 2.29. The zero-order chi connectivity index (χ0) is 18.1. The maximum atomic E-state index is 12.8. The molecule has 1 atom stereocenters. The van der Waals surface area contributed by atoms with Crippen molar-refractivity contribution < 1.29 is 14.3 Å². The smallest absolute Gasteiger partial charge is 0.255 e. The van der Waals surface area contributed by atoms with Gasteiger partial charge in [-0.25, -0.2) is 0 Å². The van der Waals surface area contributed by atoms with Crippen LogP contribution in [-0.4, -0.2) is 42.5 Å². The standard InChI is InChI=1S/C20H25N3O3/c1-13-5-6-17(19(24)22-13)23-11-16-15(20(23)25)3-2-4-18(16)26-12-14-7-9-21-10-8-14/h2-4,14,17,21H,1,5-12H2,(H,22,24). The summed E-state index contributed by atoms with van der Waals surface area (Å²) < 4.78 is 6.09. The predicted molar refractivity (Wildman–Crippen MR) is 97.7 cm³/mol. The Hall–Kier alpha value is -2.34. The van der Waals surface area contributed by atoms with Gasteiger partial charge >= 0.3 is 0 Å². The Morgan fingerprint density at radius 3 is 2.77 bits per heavy atom. The Balaban J connectivity index is 1.48. The highest BCUT2D eigenvalue weighted by molar-refractivity contribution is 6.02. The van der Waals surface area contributed by atoms with Gasteiger partial charge in [0.25, 0.3) is 5.91 Å². The molecule has 3 aliphatic rings. The lowest BCUT2D eigenvalue weighted by Gasteiger charge is -2.31. The number of hydrogen-bond acceptors (Lipinski definition) is 4. The first-order valence-corrected chi connectivity index (χ1v) is 9.38. The van der Waals surface area contributed by atoms with E-state index in [-0.39, 0.29) is 11.8 Å². The number of nitrogens with zero attached hydrogens (tertiary/aromatic N) is 1. The summed E-state index contributed by atoms with van der Waals surface area (Å²) in [6.45, 7) is 6.99. The summed E-state index contributed by atoms with van der Waals surface area (Å²) in [6.07, 6.45) is 3.56. The molecule has 1 aromatic carbocycles. The van der Waals surface area contributed by atoms with Gasteiger partial charge in [-0.15, -0.1) is 0 Å². The van der Waals surface area contributed by atoms with Gasteiger partial charge in [0.05, 0.1) is 13.2 Å². The Morgan fingerprint density at radius 1 is 1.19 bits per heavy atom. The molecule has 3 heterocycles. The summed E-state index contributed by atoms with van der Waals surface area (Å²) in [6, 6.07) is 5.19. The van der Waals surface area contributed by atoms with E-state index in [1.165, 1.54) is 0 Å². The van der Waals surface area contributed by atoms with Crippen molar-refractivity contribution in [1.29, 1.82) is 0 Å². The van der Waals surface area contributed by atoms with Gasteiger partial charge in [-0.1, -0.05) is 12.6 Å². The third kappa shape index (κ3) is 3.21. The molecule has 0 radical (unpaired) electrons. The Bertz CT molecular complexity index is 740. The van der Waals surface area contributed by atoms with E-state index in [0.717, 1.165) is 42.9 Å². The fourth-order valence-corrected chi connectivity index (χ4v) is 4.03. The van der Waals surface area contributed by atoms with Gasteiger partial charge in [-0.05, 0) is 56.8 Å². The Labute approximate surface area is 153 Å². The second kappa shape index (κ2) is 7.11. The van der Waals surface area contributed by atoms with Crippen LogP contribution in [0.25, 0.3) is 0 Å². The molecule has 3 aliphatic heterocycles. The van der Waals surface area contributed by atoms with Crippen molar-refractivity contribution in [2.75, 3.05) is 19.7 Å². The molecule has 0 spiro atoms. The highest BCUT2D eigenvalue weighted by Gasteiger charge is 2.39. The van der Waals surface area contributed by atoms with E-state index in [1.54, 1.807) is 4.90 Å². The van der Waals surface area contributed by atoms with Gasteiger partial charge in [-0.3, -0.25) is 9.59 Å². The molecule has 4 rings (SSSR count). The predicted octanol–water partition coefficient (Wildman–Crippen LogP) is 1.81. The molecular formula is C20H25N3O3. The Kier molecular flexibility index (Phi) is 4.68. The van der Waals surface area contributed by atoms with Gasteiger partial charge in [-0.2, -0.15) is 0 Å². The number of hydrogen-bond donors (Lipinski definition) is 2. The molecule has 6 nitrogen and oxygen atoms in total. The molecule has 2 amide bonds. The van der Waals surface area contributed by atoms with Crippen molar-refractivity contribution in [2.24, 2.45) is 5.92 Å². The van der Waals surface area contributed by atoms with Crippen LogP contribution in [0.3, 0.4) is 0 Å². The van der Waals surface area contributed by atoms with Crippen LogP contribution in [0.2, 0.25) is 0 Å². The van der Waals surface area contributed by atoms with E-state index < -0.39 is 6.04 Å². The molecule has 1 aromatic rings. The summed E-state index contributed by atoms with van der Waals surface area (Å²) in [7, 11) is 0. The molecule has 6 heteroatoms. The van der Waals surface area contributed by atoms with Gasteiger partial charge < -0.3 is 20.3 Å². The molecule has 0 bridgehead atoms. The number of allylic oxidation sites excluding steroid dienone is 1. The molecule has 138 valence electrons. The normalized spacial score (nSPS) is 23.8. The van der Waals surface area contributed by atoms with Crippen molar-refractivity contribution in [3.63, 3.8) is 0 Å². The third-order valence-corrected chi connectivity index (χ3v) is 5.58. The largest absolute Gasteiger partial charge is 0.493 e. The maximum absolute atomic E-state index is 12.8. The molecule has 26 heavy (non-hydrogen) atoms. The van der Waals surface area contributed by atoms with Crippen LogP contribution in [0, 0.1) is 5.92 Å². The minimum atomic E-state index is -0.433. The number of piperidine rings is 2. The number of amides is 2. The van der Waals surface area contributed by atoms with Crippen LogP contribution in [0.4, 0.5) is 0 Å². The van der Waals surface area contributed by atoms with Gasteiger partial charge in [0.15, 0.2) is 0 Å². The van der Waals surface area contributed by atoms with Crippen LogP contribution in [0.5, 0.6) is 5.75 Å². The number of nitrogens with one attached hydrogen (secondary N) is 2. The van der Waals surface area contributed by atoms with Crippen molar-refractivity contribution >= 4 is 11.8 Å². The van der Waals surface area contributed by atoms with Crippen molar-refractivity contribution in [3.8, 4) is 5.75 Å². The summed E-state index contributed by atoms with van der Waals surface area (Å²) >= 11 is 0. The topological polar surface area (TPSA) is 70.7 Å². The minimum absolute atomic E-state index is 0.0834. The fourth-order valence-electron chi connectivity index (χ4n) is 4.03. The van der Waals surface area contributed by atoms with Gasteiger partial charge in [0, 0.05) is 16.8 Å². The second-order valence-electron chi connectivity index (χ2n) is 7.37. The molecule has 2 saturated heterocycles. The highest BCUT2D eigenvalue weighted by atomic mass is 16.5. The lowest BCUT2D eigenvalue weighted by Crippen LogP contribution is -2.49. The quantitative estimate of drug-likeness (QED) is 0.864. The average molecular weight is 355 g/mol. The van der Waals surface area contributed by atoms with Crippen LogP contribution in [-0.2, 0) is 11.3 Å². The second-order valence-corrected chi connectivity index (χ2v) is 7.37. The molecule has 0 saturated carbocycles. The molecule has 1 unspecified atom stereocenters. The van der Waals surface area contributed by atoms with Crippen molar-refractivity contribution in [1.82, 2.24) is 15.5 Å². The SMILES string of the molecule is C=C1CCC(N2Cc3c(OCC4CCNCC4)cccc3C2=O)C(=O)N1. The first kappa shape index (κ1) is 17.1. The van der Waals surface area contributed by atoms with Gasteiger partial charge in [0.2, 0.25) is 5.91 Å².